The van der Waals surface area contributed by atoms with Crippen molar-refractivity contribution < 1.29 is 38.4 Å². The van der Waals surface area contributed by atoms with Gasteiger partial charge in [-0.15, -0.1) is 0 Å². The molecule has 1 aliphatic heterocycles. The molecule has 0 saturated carbocycles. The van der Waals surface area contributed by atoms with Crippen LogP contribution in [0.25, 0.3) is 5.76 Å². The molecule has 2 aromatic carbocycles. The summed E-state index contributed by atoms with van der Waals surface area (Å²) in [4.78, 5) is 27.6. The molecule has 9 nitrogen and oxygen atoms in total. The van der Waals surface area contributed by atoms with E-state index >= 15 is 0 Å². The number of likely N-dealkylation sites (tertiary alicyclic amines) is 1. The Morgan fingerprint density at radius 1 is 0.972 bits per heavy atom. The fourth-order valence-electron chi connectivity index (χ4n) is 4.03. The van der Waals surface area contributed by atoms with Gasteiger partial charge in [0.15, 0.2) is 11.5 Å². The number of benzene rings is 2. The molecular weight excluding hydrogens is 466 g/mol. The largest absolute Gasteiger partial charge is 0.507 e. The van der Waals surface area contributed by atoms with Crippen molar-refractivity contribution >= 4 is 17.4 Å². The number of hydrogen-bond donors (Lipinski definition) is 1. The van der Waals surface area contributed by atoms with Crippen LogP contribution in [0, 0.1) is 5.92 Å². The third kappa shape index (κ3) is 5.41. The first kappa shape index (κ1) is 26.9. The van der Waals surface area contributed by atoms with Gasteiger partial charge in [0.2, 0.25) is 5.75 Å². The summed E-state index contributed by atoms with van der Waals surface area (Å²) >= 11 is 0. The monoisotopic (exact) mass is 499 g/mol. The molecule has 1 aliphatic rings. The summed E-state index contributed by atoms with van der Waals surface area (Å²) in [6.45, 7) is 4.99. The number of carbonyl (C=O) groups excluding carboxylic acids is 2. The number of ketones is 1. The Hall–Kier alpha value is -3.72. The van der Waals surface area contributed by atoms with E-state index in [9.17, 15) is 14.7 Å². The van der Waals surface area contributed by atoms with Crippen LogP contribution in [-0.4, -0.2) is 69.9 Å². The standard InChI is InChI=1S/C27H33NO8/c1-16(2)15-36-19-9-7-17(8-10-19)24(29)22-23(28(11-12-32-3)27(31)25(22)30)18-13-20(33-4)26(35-6)21(14-18)34-5/h7-10,13-14,16,23,29H,11-12,15H2,1-6H3/t23-/m1/s1. The van der Waals surface area contributed by atoms with Crippen LogP contribution in [0.15, 0.2) is 42.0 Å². The van der Waals surface area contributed by atoms with Crippen molar-refractivity contribution in [3.63, 3.8) is 0 Å². The highest BCUT2D eigenvalue weighted by molar-refractivity contribution is 6.46. The second-order valence-corrected chi connectivity index (χ2v) is 8.67. The molecule has 0 aromatic heterocycles. The summed E-state index contributed by atoms with van der Waals surface area (Å²) in [7, 11) is 5.95. The molecule has 0 radical (unpaired) electrons. The first-order chi connectivity index (χ1) is 17.3. The smallest absolute Gasteiger partial charge is 0.295 e. The van der Waals surface area contributed by atoms with Gasteiger partial charge in [-0.2, -0.15) is 0 Å². The van der Waals surface area contributed by atoms with Gasteiger partial charge < -0.3 is 33.7 Å². The van der Waals surface area contributed by atoms with Gasteiger partial charge in [-0.1, -0.05) is 13.8 Å². The molecule has 1 atom stereocenters. The van der Waals surface area contributed by atoms with E-state index in [1.807, 2.05) is 13.8 Å². The summed E-state index contributed by atoms with van der Waals surface area (Å²) < 4.78 is 27.2. The zero-order chi connectivity index (χ0) is 26.4. The lowest BCUT2D eigenvalue weighted by Gasteiger charge is -2.26. The predicted molar refractivity (Wildman–Crippen MR) is 134 cm³/mol. The van der Waals surface area contributed by atoms with Gasteiger partial charge in [0, 0.05) is 19.2 Å². The molecule has 1 N–H and O–H groups in total. The molecule has 1 amide bonds. The van der Waals surface area contributed by atoms with E-state index in [0.717, 1.165) is 0 Å². The van der Waals surface area contributed by atoms with Crippen molar-refractivity contribution in [2.75, 3.05) is 48.2 Å². The van der Waals surface area contributed by atoms with Gasteiger partial charge in [-0.25, -0.2) is 0 Å². The summed E-state index contributed by atoms with van der Waals surface area (Å²) in [5, 5.41) is 11.3. The molecule has 1 fully saturated rings. The average Bonchev–Trinajstić information content (AvgIpc) is 3.14. The van der Waals surface area contributed by atoms with Crippen LogP contribution in [0.1, 0.15) is 31.0 Å². The molecular formula is C27H33NO8. The van der Waals surface area contributed by atoms with E-state index in [-0.39, 0.29) is 24.5 Å². The Labute approximate surface area is 211 Å². The van der Waals surface area contributed by atoms with Crippen LogP contribution in [0.4, 0.5) is 0 Å². The molecule has 2 aromatic rings. The number of ether oxygens (including phenoxy) is 5. The van der Waals surface area contributed by atoms with Crippen LogP contribution in [0.5, 0.6) is 23.0 Å². The van der Waals surface area contributed by atoms with Crippen molar-refractivity contribution in [1.29, 1.82) is 0 Å². The number of aliphatic hydroxyl groups excluding tert-OH is 1. The van der Waals surface area contributed by atoms with Crippen LogP contribution in [0.2, 0.25) is 0 Å². The molecule has 0 aliphatic carbocycles. The third-order valence-electron chi connectivity index (χ3n) is 5.79. The number of hydrogen-bond acceptors (Lipinski definition) is 8. The minimum absolute atomic E-state index is 0.0405. The second kappa shape index (κ2) is 11.8. The fourth-order valence-corrected chi connectivity index (χ4v) is 4.03. The van der Waals surface area contributed by atoms with Crippen LogP contribution in [-0.2, 0) is 14.3 Å². The lowest BCUT2D eigenvalue weighted by Crippen LogP contribution is -2.32. The molecule has 1 heterocycles. The van der Waals surface area contributed by atoms with Crippen molar-refractivity contribution in [3.05, 3.63) is 53.1 Å². The number of methoxy groups -OCH3 is 4. The highest BCUT2D eigenvalue weighted by Crippen LogP contribution is 2.45. The van der Waals surface area contributed by atoms with E-state index in [1.165, 1.54) is 33.3 Å². The summed E-state index contributed by atoms with van der Waals surface area (Å²) in [5.41, 5.74) is 0.855. The lowest BCUT2D eigenvalue weighted by atomic mass is 9.94. The van der Waals surface area contributed by atoms with E-state index in [2.05, 4.69) is 0 Å². The Morgan fingerprint density at radius 2 is 1.58 bits per heavy atom. The maximum atomic E-state index is 13.2. The quantitative estimate of drug-likeness (QED) is 0.283. The zero-order valence-electron chi connectivity index (χ0n) is 21.5. The number of rotatable bonds is 11. The molecule has 36 heavy (non-hydrogen) atoms. The minimum atomic E-state index is -0.897. The molecule has 0 unspecified atom stereocenters. The van der Waals surface area contributed by atoms with E-state index in [4.69, 9.17) is 23.7 Å². The number of carbonyl (C=O) groups is 2. The Kier molecular flexibility index (Phi) is 8.82. The van der Waals surface area contributed by atoms with Crippen molar-refractivity contribution in [2.24, 2.45) is 5.92 Å². The first-order valence-electron chi connectivity index (χ1n) is 11.6. The van der Waals surface area contributed by atoms with Gasteiger partial charge in [0.1, 0.15) is 11.5 Å². The fraction of sp³-hybridized carbons (Fsp3) is 0.407. The molecule has 9 heteroatoms. The van der Waals surface area contributed by atoms with Gasteiger partial charge in [0.25, 0.3) is 11.7 Å². The molecule has 194 valence electrons. The van der Waals surface area contributed by atoms with Gasteiger partial charge >= 0.3 is 0 Å². The SMILES string of the molecule is COCCN1C(=O)C(=O)C(=C(O)c2ccc(OCC(C)C)cc2)[C@H]1c1cc(OC)c(OC)c(OC)c1. The third-order valence-corrected chi connectivity index (χ3v) is 5.79. The van der Waals surface area contributed by atoms with Crippen molar-refractivity contribution in [2.45, 2.75) is 19.9 Å². The Morgan fingerprint density at radius 3 is 2.08 bits per heavy atom. The second-order valence-electron chi connectivity index (χ2n) is 8.67. The van der Waals surface area contributed by atoms with Crippen LogP contribution in [0.3, 0.4) is 0 Å². The van der Waals surface area contributed by atoms with Crippen molar-refractivity contribution in [1.82, 2.24) is 4.90 Å². The first-order valence-corrected chi connectivity index (χ1v) is 11.6. The number of amides is 1. The maximum absolute atomic E-state index is 13.2. The number of Topliss-reactive ketones (excluding diaryl/α,β-unsaturated/α-hetero) is 1. The van der Waals surface area contributed by atoms with E-state index in [0.29, 0.717) is 46.6 Å². The summed E-state index contributed by atoms with van der Waals surface area (Å²) in [6, 6.07) is 9.16. The molecule has 1 saturated heterocycles. The van der Waals surface area contributed by atoms with Gasteiger partial charge in [0.05, 0.1) is 46.2 Å². The highest BCUT2D eigenvalue weighted by atomic mass is 16.5. The van der Waals surface area contributed by atoms with Gasteiger partial charge in [-0.05, 0) is 47.9 Å². The van der Waals surface area contributed by atoms with Crippen molar-refractivity contribution in [3.8, 4) is 23.0 Å². The average molecular weight is 500 g/mol. The zero-order valence-corrected chi connectivity index (χ0v) is 21.5. The summed E-state index contributed by atoms with van der Waals surface area (Å²) in [5.74, 6) is 0.275. The number of aliphatic hydroxyl groups is 1. The topological polar surface area (TPSA) is 104 Å². The minimum Gasteiger partial charge on any atom is -0.507 e. The van der Waals surface area contributed by atoms with Gasteiger partial charge in [-0.3, -0.25) is 9.59 Å². The van der Waals surface area contributed by atoms with Crippen LogP contribution >= 0.6 is 0 Å². The van der Waals surface area contributed by atoms with E-state index in [1.54, 1.807) is 36.4 Å². The molecule has 0 spiro atoms. The highest BCUT2D eigenvalue weighted by Gasteiger charge is 2.46. The maximum Gasteiger partial charge on any atom is 0.295 e. The van der Waals surface area contributed by atoms with E-state index < -0.39 is 17.7 Å². The predicted octanol–water partition coefficient (Wildman–Crippen LogP) is 3.82. The number of nitrogens with zero attached hydrogens (tertiary/aromatic N) is 1. The summed E-state index contributed by atoms with van der Waals surface area (Å²) in [6.07, 6.45) is 0. The Bertz CT molecular complexity index is 1100. The normalized spacial score (nSPS) is 17.0. The molecule has 3 rings (SSSR count). The molecule has 0 bridgehead atoms. The van der Waals surface area contributed by atoms with Crippen LogP contribution < -0.4 is 18.9 Å². The lowest BCUT2D eigenvalue weighted by molar-refractivity contribution is -0.140. The Balaban J connectivity index is 2.14.